The first-order valence-corrected chi connectivity index (χ1v) is 8.69. The summed E-state index contributed by atoms with van der Waals surface area (Å²) in [5, 5.41) is 3.42. The molecule has 3 rings (SSSR count). The van der Waals surface area contributed by atoms with E-state index in [0.717, 1.165) is 25.1 Å². The number of nitrogens with zero attached hydrogens (tertiary/aromatic N) is 1. The fourth-order valence-electron chi connectivity index (χ4n) is 2.82. The van der Waals surface area contributed by atoms with E-state index >= 15 is 0 Å². The van der Waals surface area contributed by atoms with Gasteiger partial charge in [-0.25, -0.2) is 4.39 Å². The molecule has 0 saturated carbocycles. The smallest absolute Gasteiger partial charge is 0.268 e. The lowest BCUT2D eigenvalue weighted by Gasteiger charge is -2.27. The third-order valence-electron chi connectivity index (χ3n) is 4.12. The summed E-state index contributed by atoms with van der Waals surface area (Å²) in [7, 11) is 0. The van der Waals surface area contributed by atoms with Gasteiger partial charge in [0.2, 0.25) is 6.10 Å². The Kier molecular flexibility index (Phi) is 5.89. The zero-order chi connectivity index (χ0) is 17.6. The van der Waals surface area contributed by atoms with Crippen molar-refractivity contribution >= 4 is 17.5 Å². The molecule has 0 radical (unpaired) electrons. The average molecular weight is 363 g/mol. The van der Waals surface area contributed by atoms with Crippen LogP contribution in [0.5, 0.6) is 5.75 Å². The van der Waals surface area contributed by atoms with Crippen molar-refractivity contribution in [1.29, 1.82) is 0 Å². The summed E-state index contributed by atoms with van der Waals surface area (Å²) in [5.74, 6) is -0.271. The van der Waals surface area contributed by atoms with Crippen LogP contribution >= 0.6 is 11.6 Å². The predicted octanol–water partition coefficient (Wildman–Crippen LogP) is 3.42. The van der Waals surface area contributed by atoms with Crippen LogP contribution in [0.15, 0.2) is 48.5 Å². The van der Waals surface area contributed by atoms with Crippen LogP contribution in [0.3, 0.4) is 0 Å². The lowest BCUT2D eigenvalue weighted by Crippen LogP contribution is -2.39. The van der Waals surface area contributed by atoms with Crippen molar-refractivity contribution in [2.45, 2.75) is 12.5 Å². The SMILES string of the molecule is O=C(C(Oc1ccc(F)cc1Cl)c1ccccc1)N1CCCNCC1. The van der Waals surface area contributed by atoms with Gasteiger partial charge >= 0.3 is 0 Å². The van der Waals surface area contributed by atoms with Crippen LogP contribution in [0.4, 0.5) is 4.39 Å². The van der Waals surface area contributed by atoms with Crippen molar-refractivity contribution in [2.24, 2.45) is 0 Å². The Bertz CT molecular complexity index is 719. The number of halogens is 2. The van der Waals surface area contributed by atoms with Crippen LogP contribution in [0.25, 0.3) is 0 Å². The van der Waals surface area contributed by atoms with Gasteiger partial charge in [-0.3, -0.25) is 4.79 Å². The molecule has 25 heavy (non-hydrogen) atoms. The van der Waals surface area contributed by atoms with Gasteiger partial charge in [0.1, 0.15) is 11.6 Å². The number of hydrogen-bond acceptors (Lipinski definition) is 3. The Morgan fingerprint density at radius 1 is 1.16 bits per heavy atom. The second-order valence-corrected chi connectivity index (χ2v) is 6.32. The highest BCUT2D eigenvalue weighted by atomic mass is 35.5. The third kappa shape index (κ3) is 4.50. The Balaban J connectivity index is 1.88. The summed E-state index contributed by atoms with van der Waals surface area (Å²) in [6.45, 7) is 2.95. The van der Waals surface area contributed by atoms with E-state index in [-0.39, 0.29) is 10.9 Å². The van der Waals surface area contributed by atoms with E-state index in [0.29, 0.717) is 18.8 Å². The number of ether oxygens (including phenoxy) is 1. The monoisotopic (exact) mass is 362 g/mol. The topological polar surface area (TPSA) is 41.6 Å². The summed E-state index contributed by atoms with van der Waals surface area (Å²) in [5.41, 5.74) is 0.741. The van der Waals surface area contributed by atoms with Crippen molar-refractivity contribution in [3.8, 4) is 5.75 Å². The number of carbonyl (C=O) groups excluding carboxylic acids is 1. The molecule has 132 valence electrons. The molecule has 0 bridgehead atoms. The number of hydrogen-bond donors (Lipinski definition) is 1. The van der Waals surface area contributed by atoms with E-state index in [2.05, 4.69) is 5.32 Å². The normalized spacial score (nSPS) is 16.2. The summed E-state index contributed by atoms with van der Waals surface area (Å²) < 4.78 is 19.2. The van der Waals surface area contributed by atoms with Gasteiger partial charge in [0.25, 0.3) is 5.91 Å². The van der Waals surface area contributed by atoms with Crippen LogP contribution < -0.4 is 10.1 Å². The van der Waals surface area contributed by atoms with Crippen molar-refractivity contribution < 1.29 is 13.9 Å². The Morgan fingerprint density at radius 3 is 2.72 bits per heavy atom. The summed E-state index contributed by atoms with van der Waals surface area (Å²) >= 11 is 6.08. The molecule has 0 spiro atoms. The number of carbonyl (C=O) groups is 1. The molecule has 1 fully saturated rings. The van der Waals surface area contributed by atoms with E-state index in [1.165, 1.54) is 18.2 Å². The van der Waals surface area contributed by atoms with Crippen LogP contribution in [0.2, 0.25) is 5.02 Å². The van der Waals surface area contributed by atoms with Gasteiger partial charge in [0.15, 0.2) is 0 Å². The quantitative estimate of drug-likeness (QED) is 0.906. The van der Waals surface area contributed by atoms with Crippen LogP contribution in [0.1, 0.15) is 18.1 Å². The van der Waals surface area contributed by atoms with Crippen molar-refractivity contribution in [3.63, 3.8) is 0 Å². The Morgan fingerprint density at radius 2 is 1.96 bits per heavy atom. The predicted molar refractivity (Wildman–Crippen MR) is 95.3 cm³/mol. The standard InChI is InChI=1S/C19H20ClFN2O2/c20-16-13-15(21)7-8-17(16)25-18(14-5-2-1-3-6-14)19(24)23-11-4-9-22-10-12-23/h1-3,5-8,13,18,22H,4,9-12H2. The highest BCUT2D eigenvalue weighted by Crippen LogP contribution is 2.30. The first-order chi connectivity index (χ1) is 12.1. The van der Waals surface area contributed by atoms with Crippen LogP contribution in [-0.4, -0.2) is 37.0 Å². The van der Waals surface area contributed by atoms with Gasteiger partial charge in [-0.2, -0.15) is 0 Å². The molecule has 2 aromatic rings. The lowest BCUT2D eigenvalue weighted by molar-refractivity contribution is -0.138. The maximum absolute atomic E-state index is 13.3. The molecule has 1 heterocycles. The fourth-order valence-corrected chi connectivity index (χ4v) is 3.03. The fraction of sp³-hybridized carbons (Fsp3) is 0.316. The number of amides is 1. The first-order valence-electron chi connectivity index (χ1n) is 8.31. The van der Waals surface area contributed by atoms with E-state index in [1.54, 1.807) is 4.90 Å². The van der Waals surface area contributed by atoms with Crippen LogP contribution in [0, 0.1) is 5.82 Å². The second-order valence-electron chi connectivity index (χ2n) is 5.91. The van der Waals surface area contributed by atoms with E-state index in [4.69, 9.17) is 16.3 Å². The minimum absolute atomic E-state index is 0.115. The first kappa shape index (κ1) is 17.7. The number of rotatable bonds is 4. The molecule has 6 heteroatoms. The van der Waals surface area contributed by atoms with E-state index in [9.17, 15) is 9.18 Å². The maximum Gasteiger partial charge on any atom is 0.268 e. The summed E-state index contributed by atoms with van der Waals surface area (Å²) in [4.78, 5) is 14.9. The molecule has 1 unspecified atom stereocenters. The van der Waals surface area contributed by atoms with Gasteiger partial charge in [-0.1, -0.05) is 41.9 Å². The molecule has 1 aliphatic heterocycles. The minimum Gasteiger partial charge on any atom is -0.474 e. The average Bonchev–Trinajstić information content (AvgIpc) is 2.91. The summed E-state index contributed by atoms with van der Waals surface area (Å²) in [6.07, 6.45) is 0.0761. The van der Waals surface area contributed by atoms with Gasteiger partial charge in [0, 0.05) is 25.2 Å². The lowest BCUT2D eigenvalue weighted by atomic mass is 10.1. The molecule has 0 aliphatic carbocycles. The minimum atomic E-state index is -0.817. The zero-order valence-corrected chi connectivity index (χ0v) is 14.5. The molecule has 1 atom stereocenters. The van der Waals surface area contributed by atoms with E-state index < -0.39 is 11.9 Å². The molecule has 2 aromatic carbocycles. The Hall–Kier alpha value is -2.11. The highest BCUT2D eigenvalue weighted by Gasteiger charge is 2.28. The van der Waals surface area contributed by atoms with Crippen molar-refractivity contribution in [2.75, 3.05) is 26.2 Å². The van der Waals surface area contributed by atoms with Crippen molar-refractivity contribution in [1.82, 2.24) is 10.2 Å². The van der Waals surface area contributed by atoms with Gasteiger partial charge in [-0.15, -0.1) is 0 Å². The van der Waals surface area contributed by atoms with Crippen molar-refractivity contribution in [3.05, 3.63) is 64.9 Å². The van der Waals surface area contributed by atoms with Gasteiger partial charge < -0.3 is 15.0 Å². The molecule has 0 aromatic heterocycles. The largest absolute Gasteiger partial charge is 0.474 e. The van der Waals surface area contributed by atoms with Gasteiger partial charge in [0.05, 0.1) is 5.02 Å². The highest BCUT2D eigenvalue weighted by molar-refractivity contribution is 6.32. The molecular weight excluding hydrogens is 343 g/mol. The molecule has 1 aliphatic rings. The zero-order valence-electron chi connectivity index (χ0n) is 13.8. The Labute approximate surface area is 151 Å². The molecule has 1 amide bonds. The number of benzene rings is 2. The molecule has 1 saturated heterocycles. The van der Waals surface area contributed by atoms with E-state index in [1.807, 2.05) is 30.3 Å². The number of nitrogens with one attached hydrogen (secondary N) is 1. The second kappa shape index (κ2) is 8.32. The molecular formula is C19H20ClFN2O2. The third-order valence-corrected chi connectivity index (χ3v) is 4.41. The molecule has 4 nitrogen and oxygen atoms in total. The molecule has 1 N–H and O–H groups in total. The maximum atomic E-state index is 13.3. The van der Waals surface area contributed by atoms with Crippen LogP contribution in [-0.2, 0) is 4.79 Å². The van der Waals surface area contributed by atoms with Gasteiger partial charge in [-0.05, 0) is 31.2 Å². The summed E-state index contributed by atoms with van der Waals surface area (Å²) in [6, 6.07) is 13.2.